The minimum Gasteiger partial charge on any atom is -0.325 e. The number of aryl methyl sites for hydroxylation is 2. The number of thiophene rings is 1. The Bertz CT molecular complexity index is 1200. The van der Waals surface area contributed by atoms with Crippen molar-refractivity contribution >= 4 is 44.8 Å². The molecule has 0 saturated carbocycles. The van der Waals surface area contributed by atoms with Gasteiger partial charge in [0, 0.05) is 33.3 Å². The molecule has 4 rings (SSSR count). The molecule has 0 aliphatic heterocycles. The van der Waals surface area contributed by atoms with Crippen LogP contribution in [0.3, 0.4) is 0 Å². The molecule has 5 nitrogen and oxygen atoms in total. The number of anilines is 1. The highest BCUT2D eigenvalue weighted by atomic mass is 32.2. The van der Waals surface area contributed by atoms with E-state index in [1.807, 2.05) is 32.0 Å². The van der Waals surface area contributed by atoms with E-state index in [1.165, 1.54) is 27.4 Å². The van der Waals surface area contributed by atoms with Crippen LogP contribution in [0.15, 0.2) is 53.0 Å². The summed E-state index contributed by atoms with van der Waals surface area (Å²) in [5, 5.41) is 16.0. The van der Waals surface area contributed by atoms with E-state index < -0.39 is 0 Å². The quantitative estimate of drug-likeness (QED) is 0.366. The lowest BCUT2D eigenvalue weighted by atomic mass is 10.1. The Kier molecular flexibility index (Phi) is 6.20. The van der Waals surface area contributed by atoms with Crippen LogP contribution in [0.5, 0.6) is 0 Å². The van der Waals surface area contributed by atoms with E-state index in [-0.39, 0.29) is 5.91 Å². The van der Waals surface area contributed by atoms with Crippen molar-refractivity contribution in [2.45, 2.75) is 38.9 Å². The topological polar surface area (TPSA) is 59.8 Å². The van der Waals surface area contributed by atoms with Crippen LogP contribution in [0, 0.1) is 13.8 Å². The second kappa shape index (κ2) is 9.02. The lowest BCUT2D eigenvalue weighted by molar-refractivity contribution is -0.113. The molecule has 0 aliphatic carbocycles. The molecule has 1 N–H and O–H groups in total. The van der Waals surface area contributed by atoms with Gasteiger partial charge < -0.3 is 9.88 Å². The van der Waals surface area contributed by atoms with E-state index in [0.717, 1.165) is 40.8 Å². The van der Waals surface area contributed by atoms with Crippen LogP contribution in [0.1, 0.15) is 24.5 Å². The number of nitrogens with zero attached hydrogens (tertiary/aromatic N) is 3. The smallest absolute Gasteiger partial charge is 0.234 e. The summed E-state index contributed by atoms with van der Waals surface area (Å²) >= 11 is 3.14. The summed E-state index contributed by atoms with van der Waals surface area (Å²) in [7, 11) is 0. The van der Waals surface area contributed by atoms with Crippen LogP contribution in [0.25, 0.3) is 21.5 Å². The molecule has 0 spiro atoms. The van der Waals surface area contributed by atoms with Gasteiger partial charge in [0.1, 0.15) is 0 Å². The molecule has 0 radical (unpaired) electrons. The van der Waals surface area contributed by atoms with Crippen molar-refractivity contribution in [1.29, 1.82) is 0 Å². The summed E-state index contributed by atoms with van der Waals surface area (Å²) in [6.07, 6.45) is 0.968. The lowest BCUT2D eigenvalue weighted by Crippen LogP contribution is -2.15. The third-order valence-corrected chi connectivity index (χ3v) is 6.80. The highest BCUT2D eigenvalue weighted by Gasteiger charge is 2.18. The number of hydrogen-bond acceptors (Lipinski definition) is 5. The molecule has 2 heterocycles. The van der Waals surface area contributed by atoms with Gasteiger partial charge in [-0.15, -0.1) is 21.5 Å². The first-order valence-corrected chi connectivity index (χ1v) is 11.8. The standard InChI is InChI=1S/C23H24N4OS2/c1-4-11-27-22(18-13-29-20-8-6-5-7-17(18)20)25-26-23(27)30-14-21(28)24-19-10-9-15(2)12-16(19)3/h5-10,12-13H,4,11,14H2,1-3H3,(H,24,28). The van der Waals surface area contributed by atoms with Gasteiger partial charge in [0.05, 0.1) is 5.75 Å². The van der Waals surface area contributed by atoms with Crippen molar-refractivity contribution in [3.8, 4) is 11.4 Å². The number of nitrogens with one attached hydrogen (secondary N) is 1. The third-order valence-electron chi connectivity index (χ3n) is 4.87. The van der Waals surface area contributed by atoms with Gasteiger partial charge >= 0.3 is 0 Å². The SMILES string of the molecule is CCCn1c(SCC(=O)Nc2ccc(C)cc2C)nnc1-c1csc2ccccc12. The Morgan fingerprint density at radius 1 is 1.17 bits per heavy atom. The fourth-order valence-corrected chi connectivity index (χ4v) is 5.14. The van der Waals surface area contributed by atoms with E-state index in [2.05, 4.69) is 56.7 Å². The number of thioether (sulfide) groups is 1. The normalized spacial score (nSPS) is 11.2. The Hall–Kier alpha value is -2.64. The summed E-state index contributed by atoms with van der Waals surface area (Å²) < 4.78 is 3.37. The van der Waals surface area contributed by atoms with Gasteiger partial charge in [-0.1, -0.05) is 54.6 Å². The lowest BCUT2D eigenvalue weighted by Gasteiger charge is -2.10. The minimum absolute atomic E-state index is 0.0412. The highest BCUT2D eigenvalue weighted by molar-refractivity contribution is 7.99. The zero-order valence-corrected chi connectivity index (χ0v) is 18.9. The molecule has 7 heteroatoms. The summed E-state index contributed by atoms with van der Waals surface area (Å²) in [6.45, 7) is 7.00. The number of carbonyl (C=O) groups excluding carboxylic acids is 1. The van der Waals surface area contributed by atoms with Crippen LogP contribution >= 0.6 is 23.1 Å². The molecule has 0 aliphatic rings. The van der Waals surface area contributed by atoms with Crippen LogP contribution in [0.2, 0.25) is 0 Å². The maximum Gasteiger partial charge on any atom is 0.234 e. The maximum absolute atomic E-state index is 12.5. The average Bonchev–Trinajstić information content (AvgIpc) is 3.33. The zero-order valence-electron chi connectivity index (χ0n) is 17.3. The number of rotatable bonds is 7. The highest BCUT2D eigenvalue weighted by Crippen LogP contribution is 2.34. The molecule has 2 aromatic heterocycles. The van der Waals surface area contributed by atoms with Gasteiger partial charge in [-0.3, -0.25) is 4.79 Å². The molecule has 0 unspecified atom stereocenters. The average molecular weight is 437 g/mol. The number of amides is 1. The van der Waals surface area contributed by atoms with Gasteiger partial charge in [-0.2, -0.15) is 0 Å². The van der Waals surface area contributed by atoms with E-state index in [1.54, 1.807) is 11.3 Å². The number of hydrogen-bond donors (Lipinski definition) is 1. The summed E-state index contributed by atoms with van der Waals surface area (Å²) in [6, 6.07) is 14.4. The molecule has 30 heavy (non-hydrogen) atoms. The molecule has 1 amide bonds. The molecule has 154 valence electrons. The van der Waals surface area contributed by atoms with Crippen LogP contribution in [-0.4, -0.2) is 26.4 Å². The number of benzene rings is 2. The van der Waals surface area contributed by atoms with Crippen LogP contribution < -0.4 is 5.32 Å². The predicted molar refractivity (Wildman–Crippen MR) is 126 cm³/mol. The molecule has 2 aromatic carbocycles. The fourth-order valence-electron chi connectivity index (χ4n) is 3.44. The molecule has 0 fully saturated rings. The summed E-state index contributed by atoms with van der Waals surface area (Å²) in [4.78, 5) is 12.5. The predicted octanol–water partition coefficient (Wildman–Crippen LogP) is 5.92. The first-order chi connectivity index (χ1) is 14.6. The van der Waals surface area contributed by atoms with E-state index in [9.17, 15) is 4.79 Å². The first kappa shape index (κ1) is 20.6. The van der Waals surface area contributed by atoms with Crippen LogP contribution in [-0.2, 0) is 11.3 Å². The van der Waals surface area contributed by atoms with Crippen molar-refractivity contribution in [3.63, 3.8) is 0 Å². The second-order valence-corrected chi connectivity index (χ2v) is 9.11. The number of carbonyl (C=O) groups is 1. The second-order valence-electron chi connectivity index (χ2n) is 7.26. The van der Waals surface area contributed by atoms with Crippen molar-refractivity contribution in [2.24, 2.45) is 0 Å². The van der Waals surface area contributed by atoms with Gasteiger partial charge in [0.15, 0.2) is 11.0 Å². The first-order valence-electron chi connectivity index (χ1n) is 9.96. The molecule has 4 aromatic rings. The maximum atomic E-state index is 12.5. The summed E-state index contributed by atoms with van der Waals surface area (Å²) in [5.41, 5.74) is 4.20. The molecular weight excluding hydrogens is 412 g/mol. The largest absolute Gasteiger partial charge is 0.325 e. The Morgan fingerprint density at radius 3 is 2.80 bits per heavy atom. The number of fused-ring (bicyclic) bond motifs is 1. The van der Waals surface area contributed by atoms with Crippen molar-refractivity contribution < 1.29 is 4.79 Å². The zero-order chi connectivity index (χ0) is 21.1. The molecule has 0 bridgehead atoms. The Balaban J connectivity index is 1.52. The molecule has 0 saturated heterocycles. The fraction of sp³-hybridized carbons (Fsp3) is 0.261. The molecular formula is C23H24N4OS2. The minimum atomic E-state index is -0.0412. The van der Waals surface area contributed by atoms with E-state index in [4.69, 9.17) is 0 Å². The van der Waals surface area contributed by atoms with E-state index in [0.29, 0.717) is 5.75 Å². The van der Waals surface area contributed by atoms with E-state index >= 15 is 0 Å². The van der Waals surface area contributed by atoms with Gasteiger partial charge in [-0.25, -0.2) is 0 Å². The third kappa shape index (κ3) is 4.27. The van der Waals surface area contributed by atoms with Crippen molar-refractivity contribution in [2.75, 3.05) is 11.1 Å². The Labute approximate surface area is 184 Å². The van der Waals surface area contributed by atoms with Gasteiger partial charge in [-0.05, 0) is 38.0 Å². The molecule has 0 atom stereocenters. The van der Waals surface area contributed by atoms with Crippen molar-refractivity contribution in [3.05, 3.63) is 59.0 Å². The summed E-state index contributed by atoms with van der Waals surface area (Å²) in [5.74, 6) is 1.12. The number of aromatic nitrogens is 3. The monoisotopic (exact) mass is 436 g/mol. The Morgan fingerprint density at radius 2 is 2.00 bits per heavy atom. The van der Waals surface area contributed by atoms with Gasteiger partial charge in [0.2, 0.25) is 5.91 Å². The van der Waals surface area contributed by atoms with Crippen molar-refractivity contribution in [1.82, 2.24) is 14.8 Å². The van der Waals surface area contributed by atoms with Crippen LogP contribution in [0.4, 0.5) is 5.69 Å². The van der Waals surface area contributed by atoms with Gasteiger partial charge in [0.25, 0.3) is 0 Å².